The average molecular weight is 333 g/mol. The predicted molar refractivity (Wildman–Crippen MR) is 81.2 cm³/mol. The Hall–Kier alpha value is -2.09. The number of benzene rings is 1. The fourth-order valence-corrected chi connectivity index (χ4v) is 3.49. The lowest BCUT2D eigenvalue weighted by Crippen LogP contribution is -2.02. The van der Waals surface area contributed by atoms with Crippen LogP contribution in [-0.4, -0.2) is 24.7 Å². The highest BCUT2D eigenvalue weighted by Gasteiger charge is 2.16. The van der Waals surface area contributed by atoms with Crippen LogP contribution in [0.4, 0.5) is 8.78 Å². The maximum absolute atomic E-state index is 13.4. The monoisotopic (exact) mass is 333 g/mol. The van der Waals surface area contributed by atoms with Crippen molar-refractivity contribution in [1.29, 1.82) is 0 Å². The molecule has 0 unspecified atom stereocenters. The lowest BCUT2D eigenvalue weighted by molar-refractivity contribution is 0.510. The van der Waals surface area contributed by atoms with Gasteiger partial charge in [0.2, 0.25) is 0 Å². The largest absolute Gasteiger partial charge is 0.306 e. The summed E-state index contributed by atoms with van der Waals surface area (Å²) in [5.41, 5.74) is 0.651. The Bertz CT molecular complexity index is 880. The van der Waals surface area contributed by atoms with Crippen LogP contribution in [-0.2, 0) is 13.0 Å². The molecule has 118 valence electrons. The molecule has 23 heavy (non-hydrogen) atoms. The Morgan fingerprint density at radius 1 is 1.00 bits per heavy atom. The fourth-order valence-electron chi connectivity index (χ4n) is 2.67. The van der Waals surface area contributed by atoms with Gasteiger partial charge in [0.25, 0.3) is 0 Å². The first-order valence-corrected chi connectivity index (χ1v) is 8.24. The zero-order valence-corrected chi connectivity index (χ0v) is 13.0. The van der Waals surface area contributed by atoms with Crippen LogP contribution in [0.5, 0.6) is 0 Å². The Labute approximate surface area is 135 Å². The molecular weight excluding hydrogens is 320 g/mol. The maximum Gasteiger partial charge on any atom is 0.197 e. The zero-order valence-electron chi connectivity index (χ0n) is 12.2. The number of fused-ring (bicyclic) bond motifs is 2. The molecular formula is C15H13F2N5S. The molecule has 8 heteroatoms. The number of rotatable bonds is 2. The number of nitrogens with zero attached hydrogens (tertiary/aromatic N) is 5. The van der Waals surface area contributed by atoms with Crippen LogP contribution >= 0.6 is 11.8 Å². The first-order valence-electron chi connectivity index (χ1n) is 7.42. The summed E-state index contributed by atoms with van der Waals surface area (Å²) in [5.74, 6) is -0.855. The zero-order chi connectivity index (χ0) is 15.8. The Kier molecular flexibility index (Phi) is 3.68. The van der Waals surface area contributed by atoms with E-state index in [-0.39, 0.29) is 0 Å². The lowest BCUT2D eigenvalue weighted by atomic mass is 10.2. The molecule has 0 saturated carbocycles. The van der Waals surface area contributed by atoms with Gasteiger partial charge in [0.1, 0.15) is 10.9 Å². The van der Waals surface area contributed by atoms with E-state index in [1.165, 1.54) is 18.2 Å². The van der Waals surface area contributed by atoms with Crippen LogP contribution in [0.15, 0.2) is 28.5 Å². The van der Waals surface area contributed by atoms with Crippen molar-refractivity contribution in [1.82, 2.24) is 24.7 Å². The van der Waals surface area contributed by atoms with E-state index in [9.17, 15) is 8.78 Å². The van der Waals surface area contributed by atoms with Gasteiger partial charge in [-0.25, -0.2) is 13.8 Å². The van der Waals surface area contributed by atoms with Gasteiger partial charge in [-0.2, -0.15) is 0 Å². The molecule has 3 heterocycles. The third-order valence-corrected chi connectivity index (χ3v) is 4.72. The molecule has 5 nitrogen and oxygen atoms in total. The van der Waals surface area contributed by atoms with Crippen LogP contribution in [0.2, 0.25) is 0 Å². The van der Waals surface area contributed by atoms with Crippen molar-refractivity contribution in [3.63, 3.8) is 0 Å². The number of aromatic nitrogens is 5. The van der Waals surface area contributed by atoms with Crippen LogP contribution in [0.3, 0.4) is 0 Å². The Balaban J connectivity index is 1.68. The third-order valence-electron chi connectivity index (χ3n) is 3.83. The maximum atomic E-state index is 13.4. The van der Waals surface area contributed by atoms with E-state index in [0.717, 1.165) is 48.9 Å². The van der Waals surface area contributed by atoms with Crippen LogP contribution < -0.4 is 0 Å². The van der Waals surface area contributed by atoms with Gasteiger partial charge < -0.3 is 4.57 Å². The molecule has 3 aromatic rings. The van der Waals surface area contributed by atoms with Gasteiger partial charge in [0, 0.05) is 25.1 Å². The van der Waals surface area contributed by atoms with E-state index in [1.807, 2.05) is 0 Å². The summed E-state index contributed by atoms with van der Waals surface area (Å²) >= 11 is 1.34. The van der Waals surface area contributed by atoms with Gasteiger partial charge in [-0.15, -0.1) is 10.2 Å². The second-order valence-corrected chi connectivity index (χ2v) is 6.41. The van der Waals surface area contributed by atoms with Crippen molar-refractivity contribution in [3.8, 4) is 0 Å². The smallest absolute Gasteiger partial charge is 0.197 e. The van der Waals surface area contributed by atoms with E-state index >= 15 is 0 Å². The van der Waals surface area contributed by atoms with Crippen molar-refractivity contribution in [3.05, 3.63) is 35.8 Å². The average Bonchev–Trinajstić information content (AvgIpc) is 2.77. The predicted octanol–water partition coefficient (Wildman–Crippen LogP) is 3.38. The van der Waals surface area contributed by atoms with Crippen molar-refractivity contribution >= 4 is 22.8 Å². The molecule has 1 aliphatic rings. The van der Waals surface area contributed by atoms with Crippen molar-refractivity contribution in [2.45, 2.75) is 42.4 Å². The minimum atomic E-state index is -0.926. The summed E-state index contributed by atoms with van der Waals surface area (Å²) in [6.07, 6.45) is 5.90. The molecule has 2 aromatic heterocycles. The molecule has 1 aromatic carbocycles. The quantitative estimate of drug-likeness (QED) is 0.719. The second kappa shape index (κ2) is 5.84. The molecule has 0 saturated heterocycles. The minimum absolute atomic E-state index is 0.324. The molecule has 0 atom stereocenters. The van der Waals surface area contributed by atoms with E-state index in [4.69, 9.17) is 0 Å². The van der Waals surface area contributed by atoms with E-state index < -0.39 is 11.6 Å². The van der Waals surface area contributed by atoms with E-state index in [0.29, 0.717) is 16.1 Å². The van der Waals surface area contributed by atoms with Crippen molar-refractivity contribution < 1.29 is 8.78 Å². The Morgan fingerprint density at radius 2 is 1.83 bits per heavy atom. The molecule has 4 rings (SSSR count). The summed E-state index contributed by atoms with van der Waals surface area (Å²) in [6, 6.07) is 2.11. The highest BCUT2D eigenvalue weighted by atomic mass is 32.2. The third kappa shape index (κ3) is 2.78. The minimum Gasteiger partial charge on any atom is -0.306 e. The number of halogens is 2. The van der Waals surface area contributed by atoms with Crippen LogP contribution in [0.25, 0.3) is 11.0 Å². The van der Waals surface area contributed by atoms with Gasteiger partial charge in [-0.05, 0) is 24.6 Å². The summed E-state index contributed by atoms with van der Waals surface area (Å²) in [7, 11) is 0. The highest BCUT2D eigenvalue weighted by molar-refractivity contribution is 7.99. The molecule has 0 aliphatic carbocycles. The summed E-state index contributed by atoms with van der Waals surface area (Å²) in [4.78, 5) is 8.48. The lowest BCUT2D eigenvalue weighted by Gasteiger charge is -2.06. The molecule has 0 N–H and O–H groups in total. The summed E-state index contributed by atoms with van der Waals surface area (Å²) < 4.78 is 28.7. The Morgan fingerprint density at radius 3 is 2.70 bits per heavy atom. The molecule has 1 aliphatic heterocycles. The molecule has 0 spiro atoms. The fraction of sp³-hybridized carbons (Fsp3) is 0.333. The van der Waals surface area contributed by atoms with E-state index in [1.54, 1.807) is 6.20 Å². The standard InChI is InChI=1S/C15H13F2N5S/c16-9-6-11-12(7-10(9)17)19-14(8-18-11)23-15-21-20-13-4-2-1-3-5-22(13)15/h6-8H,1-5H2. The van der Waals surface area contributed by atoms with Gasteiger partial charge >= 0.3 is 0 Å². The van der Waals surface area contributed by atoms with E-state index in [2.05, 4.69) is 24.7 Å². The van der Waals surface area contributed by atoms with Gasteiger partial charge in [0.05, 0.1) is 17.2 Å². The van der Waals surface area contributed by atoms with Gasteiger partial charge in [-0.1, -0.05) is 6.42 Å². The topological polar surface area (TPSA) is 56.5 Å². The highest BCUT2D eigenvalue weighted by Crippen LogP contribution is 2.28. The number of hydrogen-bond donors (Lipinski definition) is 0. The van der Waals surface area contributed by atoms with Crippen molar-refractivity contribution in [2.24, 2.45) is 0 Å². The molecule has 0 bridgehead atoms. The van der Waals surface area contributed by atoms with Crippen molar-refractivity contribution in [2.75, 3.05) is 0 Å². The summed E-state index contributed by atoms with van der Waals surface area (Å²) in [5, 5.41) is 9.80. The summed E-state index contributed by atoms with van der Waals surface area (Å²) in [6.45, 7) is 0.894. The van der Waals surface area contributed by atoms with Gasteiger partial charge in [-0.3, -0.25) is 4.98 Å². The number of aryl methyl sites for hydroxylation is 1. The molecule has 0 radical (unpaired) electrons. The van der Waals surface area contributed by atoms with Crippen LogP contribution in [0, 0.1) is 11.6 Å². The normalized spacial score (nSPS) is 14.7. The second-order valence-electron chi connectivity index (χ2n) is 5.43. The first-order chi connectivity index (χ1) is 11.2. The SMILES string of the molecule is Fc1cc2ncc(Sc3nnc4n3CCCCC4)nc2cc1F. The van der Waals surface area contributed by atoms with Gasteiger partial charge in [0.15, 0.2) is 16.8 Å². The van der Waals surface area contributed by atoms with Crippen LogP contribution in [0.1, 0.15) is 25.1 Å². The number of hydrogen-bond acceptors (Lipinski definition) is 5. The molecule has 0 amide bonds. The first kappa shape index (κ1) is 14.5. The molecule has 0 fully saturated rings.